The van der Waals surface area contributed by atoms with Gasteiger partial charge in [-0.2, -0.15) is 16.9 Å². The van der Waals surface area contributed by atoms with Crippen LogP contribution in [-0.2, 0) is 4.79 Å². The second kappa shape index (κ2) is 10.7. The Hall–Kier alpha value is -2.72. The zero-order valence-electron chi connectivity index (χ0n) is 18.5. The Morgan fingerprint density at radius 1 is 1.24 bits per heavy atom. The van der Waals surface area contributed by atoms with Crippen molar-refractivity contribution < 1.29 is 27.5 Å². The van der Waals surface area contributed by atoms with E-state index in [0.29, 0.717) is 17.1 Å². The van der Waals surface area contributed by atoms with Gasteiger partial charge in [0, 0.05) is 10.4 Å². The van der Waals surface area contributed by atoms with E-state index in [2.05, 4.69) is 9.84 Å². The maximum absolute atomic E-state index is 13.2. The summed E-state index contributed by atoms with van der Waals surface area (Å²) >= 11 is 7.75. The minimum Gasteiger partial charge on any atom is -0.406 e. The molecule has 1 unspecified atom stereocenters. The van der Waals surface area contributed by atoms with Gasteiger partial charge < -0.3 is 4.74 Å². The molecule has 182 valence electrons. The SMILES string of the molecule is CSCCCC1(C)CN(C(=O)N(C=O)c2ccc(OC(F)(F)F)cc2)N=C1c1ccc(Cl)cc1. The topological polar surface area (TPSA) is 62.2 Å². The van der Waals surface area contributed by atoms with E-state index in [4.69, 9.17) is 11.6 Å². The molecule has 6 nitrogen and oxygen atoms in total. The van der Waals surface area contributed by atoms with Gasteiger partial charge in [-0.05, 0) is 66.8 Å². The minimum absolute atomic E-state index is 0.0914. The lowest BCUT2D eigenvalue weighted by Crippen LogP contribution is -2.41. The van der Waals surface area contributed by atoms with Gasteiger partial charge in [-0.3, -0.25) is 4.79 Å². The lowest BCUT2D eigenvalue weighted by atomic mass is 9.78. The molecule has 1 aliphatic rings. The molecule has 2 aromatic rings. The number of alkyl halides is 3. The van der Waals surface area contributed by atoms with E-state index >= 15 is 0 Å². The molecule has 0 radical (unpaired) electrons. The normalized spacial score (nSPS) is 17.9. The van der Waals surface area contributed by atoms with Gasteiger partial charge in [-0.25, -0.2) is 14.7 Å². The maximum Gasteiger partial charge on any atom is 0.573 e. The van der Waals surface area contributed by atoms with E-state index in [9.17, 15) is 22.8 Å². The Morgan fingerprint density at radius 3 is 2.44 bits per heavy atom. The number of benzene rings is 2. The standard InChI is InChI=1S/C23H23ClF3N3O3S/c1-22(12-3-13-34-2)14-30(28-20(22)16-4-6-17(24)7-5-16)21(32)29(15-31)18-8-10-19(11-9-18)33-23(25,26)27/h4-11,15H,3,12-14H2,1-2H3. The number of urea groups is 1. The number of hydrazone groups is 1. The number of nitrogens with zero attached hydrogens (tertiary/aromatic N) is 3. The molecule has 1 aliphatic heterocycles. The number of hydrogen-bond donors (Lipinski definition) is 0. The summed E-state index contributed by atoms with van der Waals surface area (Å²) < 4.78 is 41.1. The van der Waals surface area contributed by atoms with E-state index in [0.717, 1.165) is 41.2 Å². The summed E-state index contributed by atoms with van der Waals surface area (Å²) in [6.45, 7) is 2.26. The molecule has 0 aromatic heterocycles. The molecule has 34 heavy (non-hydrogen) atoms. The molecular formula is C23H23ClF3N3O3S. The van der Waals surface area contributed by atoms with Crippen LogP contribution in [0.2, 0.25) is 5.02 Å². The first-order chi connectivity index (χ1) is 16.1. The Kier molecular flexibility index (Phi) is 8.14. The highest BCUT2D eigenvalue weighted by atomic mass is 35.5. The quantitative estimate of drug-likeness (QED) is 0.312. The van der Waals surface area contributed by atoms with Crippen LogP contribution in [0.1, 0.15) is 25.3 Å². The molecule has 11 heteroatoms. The van der Waals surface area contributed by atoms with E-state index in [1.165, 1.54) is 17.1 Å². The second-order valence-electron chi connectivity index (χ2n) is 7.97. The van der Waals surface area contributed by atoms with Crippen molar-refractivity contribution in [2.45, 2.75) is 26.1 Å². The monoisotopic (exact) mass is 513 g/mol. The number of hydrogen-bond acceptors (Lipinski definition) is 5. The zero-order valence-corrected chi connectivity index (χ0v) is 20.1. The third-order valence-corrected chi connectivity index (χ3v) is 6.32. The maximum atomic E-state index is 13.2. The fraction of sp³-hybridized carbons (Fsp3) is 0.348. The number of imide groups is 1. The van der Waals surface area contributed by atoms with Gasteiger partial charge in [-0.15, -0.1) is 13.2 Å². The third kappa shape index (κ3) is 6.24. The summed E-state index contributed by atoms with van der Waals surface area (Å²) in [6.07, 6.45) is -0.838. The summed E-state index contributed by atoms with van der Waals surface area (Å²) in [5, 5.41) is 6.35. The highest BCUT2D eigenvalue weighted by Gasteiger charge is 2.42. The highest BCUT2D eigenvalue weighted by molar-refractivity contribution is 7.98. The van der Waals surface area contributed by atoms with Crippen LogP contribution in [0.15, 0.2) is 53.6 Å². The van der Waals surface area contributed by atoms with Crippen molar-refractivity contribution in [1.82, 2.24) is 5.01 Å². The van der Waals surface area contributed by atoms with E-state index in [-0.39, 0.29) is 12.2 Å². The van der Waals surface area contributed by atoms with E-state index < -0.39 is 23.6 Å². The van der Waals surface area contributed by atoms with Gasteiger partial charge in [0.1, 0.15) is 5.75 Å². The van der Waals surface area contributed by atoms with Crippen molar-refractivity contribution in [3.8, 4) is 5.75 Å². The van der Waals surface area contributed by atoms with Crippen LogP contribution in [0.25, 0.3) is 0 Å². The molecule has 0 bridgehead atoms. The van der Waals surface area contributed by atoms with Crippen LogP contribution in [0.3, 0.4) is 0 Å². The molecule has 0 N–H and O–H groups in total. The van der Waals surface area contributed by atoms with Gasteiger partial charge in [0.25, 0.3) is 0 Å². The van der Waals surface area contributed by atoms with Crippen LogP contribution in [0, 0.1) is 5.41 Å². The number of carbonyl (C=O) groups excluding carboxylic acids is 2. The lowest BCUT2D eigenvalue weighted by molar-refractivity contribution is -0.274. The van der Waals surface area contributed by atoms with Gasteiger partial charge in [-0.1, -0.05) is 30.7 Å². The Morgan fingerprint density at radius 2 is 1.88 bits per heavy atom. The molecule has 1 atom stereocenters. The van der Waals surface area contributed by atoms with Gasteiger partial charge in [0.05, 0.1) is 17.9 Å². The lowest BCUT2D eigenvalue weighted by Gasteiger charge is -2.27. The van der Waals surface area contributed by atoms with Crippen LogP contribution >= 0.6 is 23.4 Å². The molecule has 0 saturated carbocycles. The molecule has 3 rings (SSSR count). The van der Waals surface area contributed by atoms with Crippen LogP contribution in [-0.4, -0.2) is 48.1 Å². The van der Waals surface area contributed by atoms with Crippen molar-refractivity contribution in [2.24, 2.45) is 10.5 Å². The Balaban J connectivity index is 1.87. The van der Waals surface area contributed by atoms with Crippen molar-refractivity contribution in [3.05, 3.63) is 59.1 Å². The number of carbonyl (C=O) groups is 2. The first-order valence-corrected chi connectivity index (χ1v) is 12.1. The second-order valence-corrected chi connectivity index (χ2v) is 9.39. The molecule has 0 saturated heterocycles. The predicted molar refractivity (Wildman–Crippen MR) is 127 cm³/mol. The molecule has 0 spiro atoms. The van der Waals surface area contributed by atoms with Crippen LogP contribution in [0.5, 0.6) is 5.75 Å². The summed E-state index contributed by atoms with van der Waals surface area (Å²) in [5.41, 5.74) is 1.16. The smallest absolute Gasteiger partial charge is 0.406 e. The minimum atomic E-state index is -4.84. The molecule has 0 fully saturated rings. The largest absolute Gasteiger partial charge is 0.573 e. The number of rotatable bonds is 8. The number of thioether (sulfide) groups is 1. The first kappa shape index (κ1) is 25.9. The van der Waals surface area contributed by atoms with E-state index in [1.54, 1.807) is 23.9 Å². The number of anilines is 1. The molecular weight excluding hydrogens is 491 g/mol. The number of ether oxygens (including phenoxy) is 1. The van der Waals surface area contributed by atoms with Crippen LogP contribution < -0.4 is 9.64 Å². The van der Waals surface area contributed by atoms with Gasteiger partial charge in [0.15, 0.2) is 0 Å². The third-order valence-electron chi connectivity index (χ3n) is 5.37. The fourth-order valence-corrected chi connectivity index (χ4v) is 4.32. The van der Waals surface area contributed by atoms with Crippen molar-refractivity contribution >= 4 is 47.2 Å². The first-order valence-electron chi connectivity index (χ1n) is 10.3. The zero-order chi connectivity index (χ0) is 24.9. The average molecular weight is 514 g/mol. The number of halogens is 4. The van der Waals surface area contributed by atoms with E-state index in [1.807, 2.05) is 25.3 Å². The predicted octanol–water partition coefficient (Wildman–Crippen LogP) is 6.19. The molecule has 2 aromatic carbocycles. The Labute approximate surface area is 204 Å². The van der Waals surface area contributed by atoms with Crippen molar-refractivity contribution in [1.29, 1.82) is 0 Å². The molecule has 1 heterocycles. The van der Waals surface area contributed by atoms with Crippen molar-refractivity contribution in [3.63, 3.8) is 0 Å². The summed E-state index contributed by atoms with van der Waals surface area (Å²) in [6, 6.07) is 10.9. The van der Waals surface area contributed by atoms with Crippen molar-refractivity contribution in [2.75, 3.05) is 23.5 Å². The molecule has 0 aliphatic carbocycles. The number of amides is 3. The van der Waals surface area contributed by atoms with Gasteiger partial charge in [0.2, 0.25) is 6.41 Å². The fourth-order valence-electron chi connectivity index (χ4n) is 3.76. The van der Waals surface area contributed by atoms with Crippen LogP contribution in [0.4, 0.5) is 23.7 Å². The highest BCUT2D eigenvalue weighted by Crippen LogP contribution is 2.37. The van der Waals surface area contributed by atoms with Gasteiger partial charge >= 0.3 is 12.4 Å². The average Bonchev–Trinajstić information content (AvgIpc) is 3.12. The summed E-state index contributed by atoms with van der Waals surface area (Å²) in [7, 11) is 0. The Bertz CT molecular complexity index is 1050. The summed E-state index contributed by atoms with van der Waals surface area (Å²) in [5.74, 6) is 0.490. The molecule has 3 amide bonds. The summed E-state index contributed by atoms with van der Waals surface area (Å²) in [4.78, 5) is 25.8.